The van der Waals surface area contributed by atoms with Gasteiger partial charge in [-0.2, -0.15) is 4.31 Å². The van der Waals surface area contributed by atoms with Crippen LogP contribution < -0.4 is 5.32 Å². The Kier molecular flexibility index (Phi) is 8.39. The second kappa shape index (κ2) is 11.2. The third-order valence-corrected chi connectivity index (χ3v) is 7.57. The maximum absolute atomic E-state index is 12.6. The first kappa shape index (κ1) is 25.4. The van der Waals surface area contributed by atoms with Crippen molar-refractivity contribution >= 4 is 45.1 Å². The molecule has 0 spiro atoms. The summed E-state index contributed by atoms with van der Waals surface area (Å²) in [6.07, 6.45) is 3.04. The molecule has 34 heavy (non-hydrogen) atoms. The predicted octanol–water partition coefficient (Wildman–Crippen LogP) is 5.52. The topological polar surface area (TPSA) is 83.6 Å². The van der Waals surface area contributed by atoms with Gasteiger partial charge < -0.3 is 5.32 Å². The molecule has 1 amide bonds. The monoisotopic (exact) mass is 496 g/mol. The van der Waals surface area contributed by atoms with Gasteiger partial charge in [-0.25, -0.2) is 8.42 Å². The molecular formula is C26H25ClN2O4S. The van der Waals surface area contributed by atoms with E-state index in [1.807, 2.05) is 0 Å². The number of anilines is 1. The van der Waals surface area contributed by atoms with Gasteiger partial charge in [-0.3, -0.25) is 9.59 Å². The molecule has 0 aliphatic rings. The van der Waals surface area contributed by atoms with Crippen LogP contribution in [0.2, 0.25) is 5.02 Å². The Morgan fingerprint density at radius 3 is 2.26 bits per heavy atom. The number of rotatable bonds is 9. The fraction of sp³-hybridized carbons (Fsp3) is 0.154. The van der Waals surface area contributed by atoms with Gasteiger partial charge in [0.1, 0.15) is 0 Å². The van der Waals surface area contributed by atoms with Crippen molar-refractivity contribution in [2.24, 2.45) is 0 Å². The maximum Gasteiger partial charge on any atom is 0.257 e. The number of allylic oxidation sites excluding steroid dienone is 1. The minimum Gasteiger partial charge on any atom is -0.322 e. The Labute approximate surface area is 204 Å². The predicted molar refractivity (Wildman–Crippen MR) is 136 cm³/mol. The Bertz CT molecular complexity index is 1310. The zero-order valence-corrected chi connectivity index (χ0v) is 20.4. The average molecular weight is 497 g/mol. The third kappa shape index (κ3) is 5.99. The zero-order valence-electron chi connectivity index (χ0n) is 18.9. The maximum atomic E-state index is 12.6. The van der Waals surface area contributed by atoms with Gasteiger partial charge in [-0.05, 0) is 60.2 Å². The van der Waals surface area contributed by atoms with E-state index in [4.69, 9.17) is 11.6 Å². The van der Waals surface area contributed by atoms with E-state index in [2.05, 4.69) is 5.32 Å². The van der Waals surface area contributed by atoms with Crippen molar-refractivity contribution in [1.82, 2.24) is 4.31 Å². The molecule has 6 nitrogen and oxygen atoms in total. The standard InChI is InChI=1S/C26H25ClN2O4S/c1-3-29(4-2)34(32,33)22-15-13-20(14-16-22)25(30)17-12-19-8-7-9-21(18-19)28-26(31)23-10-5-6-11-24(23)27/h5-18H,3-4H2,1-2H3,(H,28,31)/b17-12+. The highest BCUT2D eigenvalue weighted by Gasteiger charge is 2.21. The lowest BCUT2D eigenvalue weighted by Gasteiger charge is -2.18. The first-order valence-corrected chi connectivity index (χ1v) is 12.6. The minimum atomic E-state index is -3.58. The number of ketones is 1. The van der Waals surface area contributed by atoms with Gasteiger partial charge in [0, 0.05) is 24.3 Å². The van der Waals surface area contributed by atoms with Crippen LogP contribution in [0.25, 0.3) is 6.08 Å². The highest BCUT2D eigenvalue weighted by Crippen LogP contribution is 2.19. The molecule has 0 saturated heterocycles. The number of hydrogen-bond acceptors (Lipinski definition) is 4. The third-order valence-electron chi connectivity index (χ3n) is 5.17. The Hall–Kier alpha value is -3.26. The molecule has 1 N–H and O–H groups in total. The average Bonchev–Trinajstić information content (AvgIpc) is 2.83. The summed E-state index contributed by atoms with van der Waals surface area (Å²) in [6.45, 7) is 4.31. The number of nitrogens with one attached hydrogen (secondary N) is 1. The van der Waals surface area contributed by atoms with Gasteiger partial charge >= 0.3 is 0 Å². The lowest BCUT2D eigenvalue weighted by atomic mass is 10.1. The van der Waals surface area contributed by atoms with E-state index in [0.29, 0.717) is 40.5 Å². The van der Waals surface area contributed by atoms with E-state index < -0.39 is 10.0 Å². The summed E-state index contributed by atoms with van der Waals surface area (Å²) >= 11 is 6.08. The molecule has 0 unspecified atom stereocenters. The van der Waals surface area contributed by atoms with Gasteiger partial charge in [0.2, 0.25) is 10.0 Å². The molecule has 0 aliphatic heterocycles. The second-order valence-electron chi connectivity index (χ2n) is 7.37. The summed E-state index contributed by atoms with van der Waals surface area (Å²) in [5, 5.41) is 3.15. The highest BCUT2D eigenvalue weighted by molar-refractivity contribution is 7.89. The van der Waals surface area contributed by atoms with E-state index in [9.17, 15) is 18.0 Å². The van der Waals surface area contributed by atoms with E-state index in [1.165, 1.54) is 34.6 Å². The number of carbonyl (C=O) groups is 2. The lowest BCUT2D eigenvalue weighted by Crippen LogP contribution is -2.30. The Morgan fingerprint density at radius 2 is 1.62 bits per heavy atom. The molecule has 0 saturated carbocycles. The molecule has 0 aliphatic carbocycles. The summed E-state index contributed by atoms with van der Waals surface area (Å²) in [4.78, 5) is 25.2. The quantitative estimate of drug-likeness (QED) is 0.312. The number of halogens is 1. The molecule has 0 bridgehead atoms. The van der Waals surface area contributed by atoms with Crippen LogP contribution >= 0.6 is 11.6 Å². The summed E-state index contributed by atoms with van der Waals surface area (Å²) in [7, 11) is -3.58. The van der Waals surface area contributed by atoms with E-state index in [1.54, 1.807) is 68.5 Å². The van der Waals surface area contributed by atoms with Crippen molar-refractivity contribution in [3.05, 3.63) is 101 Å². The molecular weight excluding hydrogens is 472 g/mol. The molecule has 0 aromatic heterocycles. The largest absolute Gasteiger partial charge is 0.322 e. The fourth-order valence-electron chi connectivity index (χ4n) is 3.34. The van der Waals surface area contributed by atoms with Crippen LogP contribution in [-0.4, -0.2) is 37.5 Å². The molecule has 0 fully saturated rings. The van der Waals surface area contributed by atoms with Crippen molar-refractivity contribution in [1.29, 1.82) is 0 Å². The first-order valence-electron chi connectivity index (χ1n) is 10.7. The first-order chi connectivity index (χ1) is 16.3. The van der Waals surface area contributed by atoms with Crippen LogP contribution in [0.1, 0.15) is 40.1 Å². The smallest absolute Gasteiger partial charge is 0.257 e. The van der Waals surface area contributed by atoms with E-state index in [0.717, 1.165) is 0 Å². The zero-order chi connectivity index (χ0) is 24.7. The fourth-order valence-corrected chi connectivity index (χ4v) is 5.02. The molecule has 176 valence electrons. The highest BCUT2D eigenvalue weighted by atomic mass is 35.5. The number of hydrogen-bond donors (Lipinski definition) is 1. The molecule has 3 aromatic rings. The number of carbonyl (C=O) groups excluding carboxylic acids is 2. The Morgan fingerprint density at radius 1 is 0.941 bits per heavy atom. The molecule has 0 heterocycles. The summed E-state index contributed by atoms with van der Waals surface area (Å²) in [6, 6.07) is 19.7. The number of sulfonamides is 1. The van der Waals surface area contributed by atoms with Crippen molar-refractivity contribution in [2.75, 3.05) is 18.4 Å². The van der Waals surface area contributed by atoms with Gasteiger partial charge in [0.15, 0.2) is 5.78 Å². The lowest BCUT2D eigenvalue weighted by molar-refractivity contribution is 0.102. The Balaban J connectivity index is 1.70. The molecule has 0 radical (unpaired) electrons. The van der Waals surface area contributed by atoms with Crippen LogP contribution in [0.4, 0.5) is 5.69 Å². The van der Waals surface area contributed by atoms with Crippen molar-refractivity contribution in [3.63, 3.8) is 0 Å². The molecule has 3 aromatic carbocycles. The normalized spacial score (nSPS) is 11.6. The van der Waals surface area contributed by atoms with Gasteiger partial charge in [-0.1, -0.05) is 55.8 Å². The van der Waals surface area contributed by atoms with E-state index in [-0.39, 0.29) is 16.6 Å². The van der Waals surface area contributed by atoms with Crippen LogP contribution in [0.15, 0.2) is 83.8 Å². The van der Waals surface area contributed by atoms with Crippen LogP contribution in [0, 0.1) is 0 Å². The summed E-state index contributed by atoms with van der Waals surface area (Å²) < 4.78 is 26.5. The van der Waals surface area contributed by atoms with Crippen LogP contribution in [-0.2, 0) is 10.0 Å². The van der Waals surface area contributed by atoms with Crippen molar-refractivity contribution < 1.29 is 18.0 Å². The van der Waals surface area contributed by atoms with Crippen LogP contribution in [0.5, 0.6) is 0 Å². The SMILES string of the molecule is CCN(CC)S(=O)(=O)c1ccc(C(=O)/C=C/c2cccc(NC(=O)c3ccccc3Cl)c2)cc1. The van der Waals surface area contributed by atoms with Gasteiger partial charge in [0.25, 0.3) is 5.91 Å². The number of benzene rings is 3. The molecule has 3 rings (SSSR count). The van der Waals surface area contributed by atoms with Gasteiger partial charge in [0.05, 0.1) is 15.5 Å². The van der Waals surface area contributed by atoms with Crippen LogP contribution in [0.3, 0.4) is 0 Å². The van der Waals surface area contributed by atoms with Crippen molar-refractivity contribution in [2.45, 2.75) is 18.7 Å². The number of amides is 1. The van der Waals surface area contributed by atoms with Gasteiger partial charge in [-0.15, -0.1) is 0 Å². The minimum absolute atomic E-state index is 0.152. The number of nitrogens with zero attached hydrogens (tertiary/aromatic N) is 1. The summed E-state index contributed by atoms with van der Waals surface area (Å²) in [5.74, 6) is -0.597. The second-order valence-corrected chi connectivity index (χ2v) is 9.72. The molecule has 0 atom stereocenters. The molecule has 8 heteroatoms. The summed E-state index contributed by atoms with van der Waals surface area (Å²) in [5.41, 5.74) is 2.01. The van der Waals surface area contributed by atoms with Crippen molar-refractivity contribution in [3.8, 4) is 0 Å². The van der Waals surface area contributed by atoms with E-state index >= 15 is 0 Å².